The van der Waals surface area contributed by atoms with Gasteiger partial charge in [-0.2, -0.15) is 5.10 Å². The van der Waals surface area contributed by atoms with Crippen LogP contribution >= 0.6 is 0 Å². The highest BCUT2D eigenvalue weighted by atomic mass is 16.2. The van der Waals surface area contributed by atoms with Gasteiger partial charge in [-0.1, -0.05) is 56.3 Å². The summed E-state index contributed by atoms with van der Waals surface area (Å²) >= 11 is 0. The summed E-state index contributed by atoms with van der Waals surface area (Å²) in [5.41, 5.74) is 2.87. The Labute approximate surface area is 183 Å². The van der Waals surface area contributed by atoms with Crippen molar-refractivity contribution in [3.63, 3.8) is 0 Å². The SMILES string of the molecule is Cc1ccccc1CN1CCN(C(=O)c2nn(CC(C)C)c(=O)c3ccccc23)CC1. The van der Waals surface area contributed by atoms with Crippen LogP contribution in [0.4, 0.5) is 0 Å². The normalized spacial score (nSPS) is 15.0. The van der Waals surface area contributed by atoms with Gasteiger partial charge in [-0.15, -0.1) is 0 Å². The Kier molecular flexibility index (Phi) is 6.18. The van der Waals surface area contributed by atoms with Crippen LogP contribution in [0, 0.1) is 12.8 Å². The number of aryl methyl sites for hydroxylation is 1. The molecule has 0 bridgehead atoms. The van der Waals surface area contributed by atoms with Gasteiger partial charge in [0.1, 0.15) is 0 Å². The lowest BCUT2D eigenvalue weighted by atomic mass is 10.1. The summed E-state index contributed by atoms with van der Waals surface area (Å²) in [6.07, 6.45) is 0. The number of carbonyl (C=O) groups is 1. The van der Waals surface area contributed by atoms with Gasteiger partial charge in [0.25, 0.3) is 11.5 Å². The van der Waals surface area contributed by atoms with Crippen molar-refractivity contribution in [2.45, 2.75) is 33.9 Å². The Morgan fingerprint density at radius 1 is 0.968 bits per heavy atom. The Morgan fingerprint density at radius 3 is 2.29 bits per heavy atom. The molecule has 0 radical (unpaired) electrons. The molecule has 1 aliphatic rings. The monoisotopic (exact) mass is 418 g/mol. The molecule has 1 fully saturated rings. The number of carbonyl (C=O) groups excluding carboxylic acids is 1. The van der Waals surface area contributed by atoms with Crippen molar-refractivity contribution in [2.24, 2.45) is 5.92 Å². The zero-order valence-electron chi connectivity index (χ0n) is 18.5. The van der Waals surface area contributed by atoms with Crippen molar-refractivity contribution in [3.8, 4) is 0 Å². The van der Waals surface area contributed by atoms with E-state index in [2.05, 4.69) is 41.2 Å². The van der Waals surface area contributed by atoms with Gasteiger partial charge in [-0.3, -0.25) is 14.5 Å². The van der Waals surface area contributed by atoms with Gasteiger partial charge in [0.05, 0.1) is 5.39 Å². The van der Waals surface area contributed by atoms with Gasteiger partial charge in [0.15, 0.2) is 5.69 Å². The molecule has 4 rings (SSSR count). The number of hydrogen-bond acceptors (Lipinski definition) is 4. The molecule has 6 nitrogen and oxygen atoms in total. The topological polar surface area (TPSA) is 58.4 Å². The van der Waals surface area contributed by atoms with Crippen molar-refractivity contribution < 1.29 is 4.79 Å². The lowest BCUT2D eigenvalue weighted by Gasteiger charge is -2.35. The van der Waals surface area contributed by atoms with E-state index in [-0.39, 0.29) is 17.4 Å². The molecule has 1 aliphatic heterocycles. The highest BCUT2D eigenvalue weighted by Crippen LogP contribution is 2.18. The van der Waals surface area contributed by atoms with Crippen LogP contribution in [-0.4, -0.2) is 51.7 Å². The maximum absolute atomic E-state index is 13.4. The second-order valence-corrected chi connectivity index (χ2v) is 8.77. The van der Waals surface area contributed by atoms with Crippen LogP contribution in [0.25, 0.3) is 10.8 Å². The smallest absolute Gasteiger partial charge is 0.275 e. The largest absolute Gasteiger partial charge is 0.335 e. The third-order valence-electron chi connectivity index (χ3n) is 5.92. The van der Waals surface area contributed by atoms with Crippen molar-refractivity contribution in [3.05, 3.63) is 75.7 Å². The highest BCUT2D eigenvalue weighted by Gasteiger charge is 2.26. The number of hydrogen-bond donors (Lipinski definition) is 0. The van der Waals surface area contributed by atoms with Crippen LogP contribution in [0.2, 0.25) is 0 Å². The van der Waals surface area contributed by atoms with Crippen LogP contribution in [0.5, 0.6) is 0 Å². The minimum Gasteiger partial charge on any atom is -0.335 e. The summed E-state index contributed by atoms with van der Waals surface area (Å²) in [4.78, 5) is 30.5. The van der Waals surface area contributed by atoms with E-state index in [1.165, 1.54) is 15.8 Å². The Hall–Kier alpha value is -2.99. The van der Waals surface area contributed by atoms with Gasteiger partial charge in [0, 0.05) is 44.7 Å². The van der Waals surface area contributed by atoms with Gasteiger partial charge >= 0.3 is 0 Å². The summed E-state index contributed by atoms with van der Waals surface area (Å²) < 4.78 is 1.45. The van der Waals surface area contributed by atoms with E-state index in [1.54, 1.807) is 6.07 Å². The fourth-order valence-electron chi connectivity index (χ4n) is 4.15. The summed E-state index contributed by atoms with van der Waals surface area (Å²) in [5.74, 6) is 0.170. The average molecular weight is 419 g/mol. The van der Waals surface area contributed by atoms with Crippen molar-refractivity contribution in [1.82, 2.24) is 19.6 Å². The van der Waals surface area contributed by atoms with E-state index in [0.717, 1.165) is 19.6 Å². The predicted octanol–water partition coefficient (Wildman–Crippen LogP) is 3.32. The molecule has 2 aromatic carbocycles. The molecule has 1 saturated heterocycles. The number of piperazine rings is 1. The lowest BCUT2D eigenvalue weighted by Crippen LogP contribution is -2.48. The van der Waals surface area contributed by atoms with Gasteiger partial charge < -0.3 is 4.90 Å². The zero-order chi connectivity index (χ0) is 22.0. The number of rotatable bonds is 5. The molecule has 31 heavy (non-hydrogen) atoms. The molecule has 0 atom stereocenters. The van der Waals surface area contributed by atoms with Gasteiger partial charge in [-0.05, 0) is 30.0 Å². The summed E-state index contributed by atoms with van der Waals surface area (Å²) in [6.45, 7) is 10.6. The Morgan fingerprint density at radius 2 is 1.61 bits per heavy atom. The number of aromatic nitrogens is 2. The first-order valence-electron chi connectivity index (χ1n) is 11.0. The van der Waals surface area contributed by atoms with Crippen molar-refractivity contribution in [1.29, 1.82) is 0 Å². The van der Waals surface area contributed by atoms with Crippen LogP contribution < -0.4 is 5.56 Å². The molecule has 0 unspecified atom stereocenters. The molecular weight excluding hydrogens is 388 g/mol. The molecule has 1 amide bonds. The Bertz CT molecular complexity index is 1140. The minimum atomic E-state index is -0.135. The molecule has 6 heteroatoms. The molecule has 0 N–H and O–H groups in total. The van der Waals surface area contributed by atoms with E-state index in [4.69, 9.17) is 0 Å². The molecule has 0 saturated carbocycles. The molecule has 162 valence electrons. The van der Waals surface area contributed by atoms with E-state index in [0.29, 0.717) is 36.1 Å². The number of fused-ring (bicyclic) bond motifs is 1. The number of amides is 1. The molecular formula is C25H30N4O2. The number of benzene rings is 2. The van der Waals surface area contributed by atoms with E-state index in [1.807, 2.05) is 36.9 Å². The van der Waals surface area contributed by atoms with Crippen molar-refractivity contribution >= 4 is 16.7 Å². The third-order valence-corrected chi connectivity index (χ3v) is 5.92. The maximum Gasteiger partial charge on any atom is 0.275 e. The first-order valence-corrected chi connectivity index (χ1v) is 11.0. The standard InChI is InChI=1S/C25H30N4O2/c1-18(2)16-29-24(30)22-11-7-6-10-21(22)23(26-29)25(31)28-14-12-27(13-15-28)17-20-9-5-4-8-19(20)3/h4-11,18H,12-17H2,1-3H3. The first kappa shape index (κ1) is 21.2. The molecule has 2 heterocycles. The summed E-state index contributed by atoms with van der Waals surface area (Å²) in [6, 6.07) is 15.7. The van der Waals surface area contributed by atoms with E-state index < -0.39 is 0 Å². The van der Waals surface area contributed by atoms with E-state index in [9.17, 15) is 9.59 Å². The zero-order valence-corrected chi connectivity index (χ0v) is 18.5. The quantitative estimate of drug-likeness (QED) is 0.638. The van der Waals surface area contributed by atoms with Crippen LogP contribution in [0.15, 0.2) is 53.3 Å². The second kappa shape index (κ2) is 9.02. The van der Waals surface area contributed by atoms with Gasteiger partial charge in [-0.25, -0.2) is 4.68 Å². The summed E-state index contributed by atoms with van der Waals surface area (Å²) in [5, 5.41) is 5.71. The predicted molar refractivity (Wildman–Crippen MR) is 123 cm³/mol. The molecule has 3 aromatic rings. The fraction of sp³-hybridized carbons (Fsp3) is 0.400. The first-order chi connectivity index (χ1) is 14.9. The van der Waals surface area contributed by atoms with Crippen LogP contribution in [0.3, 0.4) is 0 Å². The van der Waals surface area contributed by atoms with Gasteiger partial charge in [0.2, 0.25) is 0 Å². The molecule has 0 aliphatic carbocycles. The maximum atomic E-state index is 13.4. The third kappa shape index (κ3) is 4.54. The second-order valence-electron chi connectivity index (χ2n) is 8.77. The average Bonchev–Trinajstić information content (AvgIpc) is 2.77. The number of nitrogens with zero attached hydrogens (tertiary/aromatic N) is 4. The van der Waals surface area contributed by atoms with Crippen molar-refractivity contribution in [2.75, 3.05) is 26.2 Å². The Balaban J connectivity index is 1.54. The van der Waals surface area contributed by atoms with E-state index >= 15 is 0 Å². The summed E-state index contributed by atoms with van der Waals surface area (Å²) in [7, 11) is 0. The van der Waals surface area contributed by atoms with Crippen LogP contribution in [0.1, 0.15) is 35.5 Å². The lowest BCUT2D eigenvalue weighted by molar-refractivity contribution is 0.0621. The molecule has 0 spiro atoms. The highest BCUT2D eigenvalue weighted by molar-refractivity contribution is 6.04. The fourth-order valence-corrected chi connectivity index (χ4v) is 4.15. The van der Waals surface area contributed by atoms with Crippen LogP contribution in [-0.2, 0) is 13.1 Å². The molecule has 1 aromatic heterocycles. The minimum absolute atomic E-state index is 0.0933.